The minimum Gasteiger partial charge on any atom is -0.298 e. The van der Waals surface area contributed by atoms with E-state index in [9.17, 15) is 19.2 Å². The molecule has 0 aliphatic carbocycles. The van der Waals surface area contributed by atoms with Crippen molar-refractivity contribution in [2.24, 2.45) is 0 Å². The van der Waals surface area contributed by atoms with Gasteiger partial charge in [-0.3, -0.25) is 24.2 Å². The van der Waals surface area contributed by atoms with Gasteiger partial charge < -0.3 is 0 Å². The third kappa shape index (κ3) is 1.70. The third-order valence-corrected chi connectivity index (χ3v) is 2.65. The van der Waals surface area contributed by atoms with E-state index in [0.29, 0.717) is 0 Å². The lowest BCUT2D eigenvalue weighted by Crippen LogP contribution is -2.43. The topological polar surface area (TPSA) is 74.8 Å². The molecule has 0 aromatic heterocycles. The van der Waals surface area contributed by atoms with Crippen molar-refractivity contribution in [2.45, 2.75) is 39.8 Å². The van der Waals surface area contributed by atoms with Gasteiger partial charge in [0.25, 0.3) is 0 Å². The molecule has 0 bridgehead atoms. The summed E-state index contributed by atoms with van der Waals surface area (Å²) >= 11 is 0. The zero-order valence-electron chi connectivity index (χ0n) is 9.68. The number of carbonyl (C=O) groups is 4. The maximum atomic E-state index is 11.8. The predicted molar refractivity (Wildman–Crippen MR) is 54.4 cm³/mol. The lowest BCUT2D eigenvalue weighted by Gasteiger charge is -2.19. The van der Waals surface area contributed by atoms with Gasteiger partial charge in [0.2, 0.25) is 11.8 Å². The highest BCUT2D eigenvalue weighted by Crippen LogP contribution is 2.23. The van der Waals surface area contributed by atoms with Gasteiger partial charge in [0.15, 0.2) is 5.78 Å². The summed E-state index contributed by atoms with van der Waals surface area (Å²) in [5.74, 6) is -1.30. The zero-order valence-corrected chi connectivity index (χ0v) is 9.68. The van der Waals surface area contributed by atoms with Crippen LogP contribution in [0.1, 0.15) is 27.7 Å². The first kappa shape index (κ1) is 12.4. The van der Waals surface area contributed by atoms with Crippen LogP contribution in [0.4, 0.5) is 4.79 Å². The SMILES string of the molecule is CC(=O)C1C(C)N(C(C)=O)C(=O)N1C(C)=O. The average Bonchev–Trinajstić information content (AvgIpc) is 2.36. The van der Waals surface area contributed by atoms with Gasteiger partial charge in [-0.05, 0) is 13.8 Å². The van der Waals surface area contributed by atoms with Crippen LogP contribution in [0.2, 0.25) is 0 Å². The Morgan fingerprint density at radius 2 is 1.44 bits per heavy atom. The highest BCUT2D eigenvalue weighted by atomic mass is 16.2. The lowest BCUT2D eigenvalue weighted by atomic mass is 10.1. The summed E-state index contributed by atoms with van der Waals surface area (Å²) in [6, 6.07) is -2.19. The van der Waals surface area contributed by atoms with Crippen molar-refractivity contribution in [3.63, 3.8) is 0 Å². The molecule has 1 rings (SSSR count). The van der Waals surface area contributed by atoms with Crippen LogP contribution >= 0.6 is 0 Å². The number of urea groups is 1. The highest BCUT2D eigenvalue weighted by molar-refractivity contribution is 6.07. The molecule has 0 radical (unpaired) electrons. The van der Waals surface area contributed by atoms with Gasteiger partial charge in [-0.2, -0.15) is 0 Å². The number of Topliss-reactive ketones (excluding diaryl/α,β-unsaturated/α-hetero) is 1. The second-order valence-corrected chi connectivity index (χ2v) is 3.86. The largest absolute Gasteiger partial charge is 0.334 e. The van der Waals surface area contributed by atoms with Crippen molar-refractivity contribution in [1.29, 1.82) is 0 Å². The first-order valence-electron chi connectivity index (χ1n) is 4.93. The quantitative estimate of drug-likeness (QED) is 0.638. The van der Waals surface area contributed by atoms with Crippen molar-refractivity contribution in [2.75, 3.05) is 0 Å². The maximum absolute atomic E-state index is 11.8. The first-order valence-corrected chi connectivity index (χ1v) is 4.93. The summed E-state index contributed by atoms with van der Waals surface area (Å²) < 4.78 is 0. The number of hydrogen-bond donors (Lipinski definition) is 0. The van der Waals surface area contributed by atoms with E-state index < -0.39 is 29.9 Å². The smallest absolute Gasteiger partial charge is 0.298 e. The summed E-state index contributed by atoms with van der Waals surface area (Å²) in [6.45, 7) is 5.31. The van der Waals surface area contributed by atoms with Crippen LogP contribution in [0.15, 0.2) is 0 Å². The molecule has 0 aromatic rings. The minimum atomic E-state index is -0.867. The van der Waals surface area contributed by atoms with E-state index in [-0.39, 0.29) is 5.78 Å². The molecule has 0 N–H and O–H groups in total. The fourth-order valence-corrected chi connectivity index (χ4v) is 2.04. The lowest BCUT2D eigenvalue weighted by molar-refractivity contribution is -0.133. The van der Waals surface area contributed by atoms with E-state index in [1.807, 2.05) is 0 Å². The van der Waals surface area contributed by atoms with E-state index in [0.717, 1.165) is 9.80 Å². The maximum Gasteiger partial charge on any atom is 0.334 e. The molecular formula is C10H14N2O4. The van der Waals surface area contributed by atoms with Crippen LogP contribution in [-0.2, 0) is 14.4 Å². The molecule has 2 atom stereocenters. The van der Waals surface area contributed by atoms with E-state index in [2.05, 4.69) is 0 Å². The second-order valence-electron chi connectivity index (χ2n) is 3.86. The molecular weight excluding hydrogens is 212 g/mol. The Morgan fingerprint density at radius 1 is 1.00 bits per heavy atom. The Labute approximate surface area is 93.2 Å². The zero-order chi connectivity index (χ0) is 12.6. The van der Waals surface area contributed by atoms with Crippen LogP contribution in [0, 0.1) is 0 Å². The van der Waals surface area contributed by atoms with Gasteiger partial charge in [-0.1, -0.05) is 0 Å². The monoisotopic (exact) mass is 226 g/mol. The highest BCUT2D eigenvalue weighted by Gasteiger charge is 2.49. The Bertz CT molecular complexity index is 377. The molecule has 6 heteroatoms. The number of nitrogens with zero attached hydrogens (tertiary/aromatic N) is 2. The van der Waals surface area contributed by atoms with Gasteiger partial charge in [0.1, 0.15) is 6.04 Å². The Balaban J connectivity index is 3.19. The number of hydrogen-bond acceptors (Lipinski definition) is 4. The fourth-order valence-electron chi connectivity index (χ4n) is 2.04. The number of rotatable bonds is 1. The summed E-state index contributed by atoms with van der Waals surface area (Å²) in [5, 5.41) is 0. The number of amides is 4. The van der Waals surface area contributed by atoms with Crippen LogP contribution in [0.25, 0.3) is 0 Å². The van der Waals surface area contributed by atoms with Gasteiger partial charge in [-0.25, -0.2) is 4.79 Å². The van der Waals surface area contributed by atoms with E-state index in [1.54, 1.807) is 6.92 Å². The summed E-state index contributed by atoms with van der Waals surface area (Å²) in [6.07, 6.45) is 0. The molecule has 4 amide bonds. The van der Waals surface area contributed by atoms with Crippen LogP contribution in [0.5, 0.6) is 0 Å². The van der Waals surface area contributed by atoms with E-state index >= 15 is 0 Å². The Morgan fingerprint density at radius 3 is 1.69 bits per heavy atom. The summed E-state index contributed by atoms with van der Waals surface area (Å²) in [7, 11) is 0. The number of carbonyl (C=O) groups excluding carboxylic acids is 4. The Hall–Kier alpha value is -1.72. The molecule has 6 nitrogen and oxygen atoms in total. The van der Waals surface area contributed by atoms with Crippen LogP contribution < -0.4 is 0 Å². The van der Waals surface area contributed by atoms with E-state index in [1.165, 1.54) is 20.8 Å². The number of ketones is 1. The number of imide groups is 2. The molecule has 0 aromatic carbocycles. The summed E-state index contributed by atoms with van der Waals surface area (Å²) in [5.41, 5.74) is 0. The molecule has 1 aliphatic rings. The van der Waals surface area contributed by atoms with Crippen molar-refractivity contribution in [3.05, 3.63) is 0 Å². The van der Waals surface area contributed by atoms with Gasteiger partial charge in [-0.15, -0.1) is 0 Å². The van der Waals surface area contributed by atoms with Gasteiger partial charge in [0.05, 0.1) is 6.04 Å². The molecule has 16 heavy (non-hydrogen) atoms. The molecule has 1 saturated heterocycles. The van der Waals surface area contributed by atoms with Crippen molar-refractivity contribution >= 4 is 23.6 Å². The average molecular weight is 226 g/mol. The second kappa shape index (κ2) is 4.03. The van der Waals surface area contributed by atoms with Gasteiger partial charge in [0, 0.05) is 13.8 Å². The molecule has 1 heterocycles. The first-order chi connectivity index (χ1) is 7.29. The van der Waals surface area contributed by atoms with Gasteiger partial charge >= 0.3 is 6.03 Å². The molecule has 1 fully saturated rings. The molecule has 0 saturated carbocycles. The molecule has 1 aliphatic heterocycles. The molecule has 2 unspecified atom stereocenters. The third-order valence-electron chi connectivity index (χ3n) is 2.65. The van der Waals surface area contributed by atoms with Crippen LogP contribution in [0.3, 0.4) is 0 Å². The fraction of sp³-hybridized carbons (Fsp3) is 0.600. The normalized spacial score (nSPS) is 24.9. The van der Waals surface area contributed by atoms with Crippen molar-refractivity contribution < 1.29 is 19.2 Å². The minimum absolute atomic E-state index is 0.306. The molecule has 88 valence electrons. The summed E-state index contributed by atoms with van der Waals surface area (Å²) in [4.78, 5) is 47.5. The van der Waals surface area contributed by atoms with Crippen LogP contribution in [-0.4, -0.2) is 45.5 Å². The standard InChI is InChI=1S/C10H14N2O4/c1-5-9(6(2)13)12(8(4)15)10(16)11(5)7(3)14/h5,9H,1-4H3. The van der Waals surface area contributed by atoms with Crippen molar-refractivity contribution in [1.82, 2.24) is 9.80 Å². The van der Waals surface area contributed by atoms with E-state index in [4.69, 9.17) is 0 Å². The molecule has 0 spiro atoms. The Kier molecular flexibility index (Phi) is 3.11. The predicted octanol–water partition coefficient (Wildman–Crippen LogP) is 0.163. The van der Waals surface area contributed by atoms with Crippen molar-refractivity contribution in [3.8, 4) is 0 Å².